The topological polar surface area (TPSA) is 87.7 Å². The minimum absolute atomic E-state index is 0.0765. The number of rotatable bonds is 3. The van der Waals surface area contributed by atoms with Crippen LogP contribution in [0.15, 0.2) is 0 Å². The molecule has 0 aromatic carbocycles. The SMILES string of the molecule is CC1(C(=O)O)COCC1NC(=O)C1CC2CCCCC2N1. The van der Waals surface area contributed by atoms with Crippen molar-refractivity contribution in [1.82, 2.24) is 10.6 Å². The summed E-state index contributed by atoms with van der Waals surface area (Å²) in [6, 6.07) is -0.177. The minimum atomic E-state index is -1.03. The minimum Gasteiger partial charge on any atom is -0.481 e. The normalized spacial score (nSPS) is 42.5. The van der Waals surface area contributed by atoms with E-state index in [2.05, 4.69) is 10.6 Å². The lowest BCUT2D eigenvalue weighted by molar-refractivity contribution is -0.149. The van der Waals surface area contributed by atoms with Gasteiger partial charge in [0, 0.05) is 6.04 Å². The molecule has 2 heterocycles. The molecule has 0 spiro atoms. The third-order valence-corrected chi connectivity index (χ3v) is 5.44. The molecular weight excluding hydrogens is 272 g/mol. The Labute approximate surface area is 124 Å². The number of ether oxygens (including phenoxy) is 1. The van der Waals surface area contributed by atoms with Crippen LogP contribution in [0.5, 0.6) is 0 Å². The van der Waals surface area contributed by atoms with Gasteiger partial charge in [-0.3, -0.25) is 9.59 Å². The van der Waals surface area contributed by atoms with E-state index in [4.69, 9.17) is 4.74 Å². The zero-order chi connectivity index (χ0) is 15.0. The first kappa shape index (κ1) is 14.8. The number of carbonyl (C=O) groups excluding carboxylic acids is 1. The Morgan fingerprint density at radius 2 is 2.10 bits per heavy atom. The Morgan fingerprint density at radius 3 is 2.81 bits per heavy atom. The zero-order valence-corrected chi connectivity index (χ0v) is 12.4. The highest BCUT2D eigenvalue weighted by Gasteiger charge is 2.48. The van der Waals surface area contributed by atoms with E-state index in [0.717, 1.165) is 12.8 Å². The van der Waals surface area contributed by atoms with Crippen molar-refractivity contribution in [1.29, 1.82) is 0 Å². The maximum atomic E-state index is 12.4. The van der Waals surface area contributed by atoms with Crippen molar-refractivity contribution < 1.29 is 19.4 Å². The summed E-state index contributed by atoms with van der Waals surface area (Å²) in [4.78, 5) is 23.8. The van der Waals surface area contributed by atoms with Gasteiger partial charge < -0.3 is 20.5 Å². The third-order valence-electron chi connectivity index (χ3n) is 5.44. The molecule has 0 aromatic rings. The van der Waals surface area contributed by atoms with Crippen molar-refractivity contribution in [3.05, 3.63) is 0 Å². The lowest BCUT2D eigenvalue weighted by Gasteiger charge is -2.26. The molecule has 1 saturated carbocycles. The maximum Gasteiger partial charge on any atom is 0.313 e. The second kappa shape index (κ2) is 5.57. The Morgan fingerprint density at radius 1 is 1.33 bits per heavy atom. The smallest absolute Gasteiger partial charge is 0.313 e. The quantitative estimate of drug-likeness (QED) is 0.706. The molecule has 21 heavy (non-hydrogen) atoms. The van der Waals surface area contributed by atoms with Crippen LogP contribution in [0, 0.1) is 11.3 Å². The largest absolute Gasteiger partial charge is 0.481 e. The van der Waals surface area contributed by atoms with Crippen molar-refractivity contribution >= 4 is 11.9 Å². The van der Waals surface area contributed by atoms with Crippen LogP contribution in [0.2, 0.25) is 0 Å². The fourth-order valence-corrected chi connectivity index (χ4v) is 3.88. The molecule has 0 radical (unpaired) electrons. The van der Waals surface area contributed by atoms with Gasteiger partial charge in [0.25, 0.3) is 0 Å². The average molecular weight is 296 g/mol. The van der Waals surface area contributed by atoms with Gasteiger partial charge in [0.2, 0.25) is 5.91 Å². The van der Waals surface area contributed by atoms with Gasteiger partial charge in [0.1, 0.15) is 5.41 Å². The molecule has 3 aliphatic rings. The number of carboxylic acids is 1. The van der Waals surface area contributed by atoms with Gasteiger partial charge in [0.15, 0.2) is 0 Å². The summed E-state index contributed by atoms with van der Waals surface area (Å²) in [5.74, 6) is -0.397. The van der Waals surface area contributed by atoms with Gasteiger partial charge in [-0.15, -0.1) is 0 Å². The lowest BCUT2D eigenvalue weighted by Crippen LogP contribution is -2.54. The van der Waals surface area contributed by atoms with Crippen LogP contribution >= 0.6 is 0 Å². The number of hydrogen-bond donors (Lipinski definition) is 3. The van der Waals surface area contributed by atoms with Crippen LogP contribution in [0.3, 0.4) is 0 Å². The van der Waals surface area contributed by atoms with Gasteiger partial charge in [0.05, 0.1) is 25.3 Å². The second-order valence-electron chi connectivity index (χ2n) is 6.90. The summed E-state index contributed by atoms with van der Waals surface area (Å²) >= 11 is 0. The zero-order valence-electron chi connectivity index (χ0n) is 12.4. The van der Waals surface area contributed by atoms with Crippen LogP contribution in [-0.2, 0) is 14.3 Å². The monoisotopic (exact) mass is 296 g/mol. The first-order chi connectivity index (χ1) is 10.0. The highest BCUT2D eigenvalue weighted by molar-refractivity contribution is 5.84. The fourth-order valence-electron chi connectivity index (χ4n) is 3.88. The maximum absolute atomic E-state index is 12.4. The van der Waals surface area contributed by atoms with E-state index in [-0.39, 0.29) is 25.2 Å². The summed E-state index contributed by atoms with van der Waals surface area (Å²) in [5.41, 5.74) is -1.03. The molecule has 1 aliphatic carbocycles. The van der Waals surface area contributed by atoms with E-state index >= 15 is 0 Å². The van der Waals surface area contributed by atoms with E-state index in [1.807, 2.05) is 0 Å². The average Bonchev–Trinajstić information content (AvgIpc) is 3.04. The predicted molar refractivity (Wildman–Crippen MR) is 75.8 cm³/mol. The first-order valence-corrected chi connectivity index (χ1v) is 7.88. The number of aliphatic carboxylic acids is 1. The standard InChI is InChI=1S/C15H24N2O4/c1-15(14(19)20)8-21-7-12(15)17-13(18)11-6-9-4-2-3-5-10(9)16-11/h9-12,16H,2-8H2,1H3,(H,17,18)(H,19,20). The summed E-state index contributed by atoms with van der Waals surface area (Å²) in [7, 11) is 0. The summed E-state index contributed by atoms with van der Waals surface area (Å²) in [6.07, 6.45) is 5.70. The molecule has 3 N–H and O–H groups in total. The van der Waals surface area contributed by atoms with Gasteiger partial charge in [-0.25, -0.2) is 0 Å². The number of hydrogen-bond acceptors (Lipinski definition) is 4. The highest BCUT2D eigenvalue weighted by atomic mass is 16.5. The number of carboxylic acid groups (broad SMARTS) is 1. The van der Waals surface area contributed by atoms with Gasteiger partial charge in [-0.2, -0.15) is 0 Å². The highest BCUT2D eigenvalue weighted by Crippen LogP contribution is 2.34. The van der Waals surface area contributed by atoms with Gasteiger partial charge in [-0.1, -0.05) is 12.8 Å². The molecule has 6 heteroatoms. The second-order valence-corrected chi connectivity index (χ2v) is 6.90. The molecule has 3 fully saturated rings. The Hall–Kier alpha value is -1.14. The lowest BCUT2D eigenvalue weighted by atomic mass is 9.84. The van der Waals surface area contributed by atoms with Crippen LogP contribution in [0.25, 0.3) is 0 Å². The van der Waals surface area contributed by atoms with Gasteiger partial charge in [-0.05, 0) is 32.1 Å². The molecule has 5 unspecified atom stereocenters. The molecule has 2 aliphatic heterocycles. The third kappa shape index (κ3) is 2.66. The fraction of sp³-hybridized carbons (Fsp3) is 0.867. The summed E-state index contributed by atoms with van der Waals surface area (Å²) in [6.45, 7) is 2.06. The van der Waals surface area contributed by atoms with Crippen molar-refractivity contribution in [2.45, 2.75) is 57.2 Å². The van der Waals surface area contributed by atoms with Crippen LogP contribution < -0.4 is 10.6 Å². The van der Waals surface area contributed by atoms with Crippen molar-refractivity contribution in [3.63, 3.8) is 0 Å². The van der Waals surface area contributed by atoms with E-state index < -0.39 is 17.4 Å². The molecule has 0 aromatic heterocycles. The van der Waals surface area contributed by atoms with Crippen molar-refractivity contribution in [2.24, 2.45) is 11.3 Å². The number of nitrogens with one attached hydrogen (secondary N) is 2. The first-order valence-electron chi connectivity index (χ1n) is 7.88. The molecular formula is C15H24N2O4. The van der Waals surface area contributed by atoms with E-state index in [0.29, 0.717) is 12.0 Å². The number of carbonyl (C=O) groups is 2. The predicted octanol–water partition coefficient (Wildman–Crippen LogP) is 0.513. The molecule has 1 amide bonds. The van der Waals surface area contributed by atoms with Crippen molar-refractivity contribution in [3.8, 4) is 0 Å². The van der Waals surface area contributed by atoms with Crippen LogP contribution in [0.1, 0.15) is 39.0 Å². The molecule has 3 rings (SSSR count). The van der Waals surface area contributed by atoms with E-state index in [9.17, 15) is 14.7 Å². The Balaban J connectivity index is 1.60. The Kier molecular flexibility index (Phi) is 3.92. The summed E-state index contributed by atoms with van der Waals surface area (Å²) < 4.78 is 5.28. The molecule has 5 atom stereocenters. The van der Waals surface area contributed by atoms with Crippen LogP contribution in [0.4, 0.5) is 0 Å². The van der Waals surface area contributed by atoms with Crippen LogP contribution in [-0.4, -0.2) is 48.3 Å². The number of amides is 1. The number of fused-ring (bicyclic) bond motifs is 1. The molecule has 0 bridgehead atoms. The molecule has 6 nitrogen and oxygen atoms in total. The molecule has 118 valence electrons. The Bertz CT molecular complexity index is 427. The van der Waals surface area contributed by atoms with E-state index in [1.165, 1.54) is 19.3 Å². The van der Waals surface area contributed by atoms with E-state index in [1.54, 1.807) is 6.92 Å². The summed E-state index contributed by atoms with van der Waals surface area (Å²) in [5, 5.41) is 15.7. The van der Waals surface area contributed by atoms with Crippen molar-refractivity contribution in [2.75, 3.05) is 13.2 Å². The van der Waals surface area contributed by atoms with Gasteiger partial charge >= 0.3 is 5.97 Å². The molecule has 2 saturated heterocycles.